The Bertz CT molecular complexity index is 308. The molecule has 0 aliphatic carbocycles. The van der Waals surface area contributed by atoms with Crippen LogP contribution in [0.25, 0.3) is 0 Å². The summed E-state index contributed by atoms with van der Waals surface area (Å²) in [6.07, 6.45) is -1.10. The summed E-state index contributed by atoms with van der Waals surface area (Å²) in [5, 5.41) is 11.0. The van der Waals surface area contributed by atoms with Gasteiger partial charge in [0, 0.05) is 22.8 Å². The molecule has 1 aromatic rings. The molecule has 0 bridgehead atoms. The fourth-order valence-corrected chi connectivity index (χ4v) is 1.17. The van der Waals surface area contributed by atoms with Crippen LogP contribution in [0, 0.1) is 0 Å². The lowest BCUT2D eigenvalue weighted by Crippen LogP contribution is -2.20. The van der Waals surface area contributed by atoms with Crippen LogP contribution < -0.4 is 11.1 Å². The van der Waals surface area contributed by atoms with Gasteiger partial charge in [0.2, 0.25) is 0 Å². The Morgan fingerprint density at radius 2 is 2.31 bits per heavy atom. The van der Waals surface area contributed by atoms with Gasteiger partial charge in [0.1, 0.15) is 0 Å². The normalized spacial score (nSPS) is 9.62. The van der Waals surface area contributed by atoms with Gasteiger partial charge in [-0.2, -0.15) is 0 Å². The first-order valence-electron chi connectivity index (χ1n) is 3.61. The number of halogens is 1. The van der Waals surface area contributed by atoms with E-state index in [4.69, 9.17) is 22.4 Å². The van der Waals surface area contributed by atoms with Crippen LogP contribution >= 0.6 is 11.6 Å². The average molecular weight is 201 g/mol. The zero-order valence-corrected chi connectivity index (χ0v) is 7.51. The largest absolute Gasteiger partial charge is 0.465 e. The van der Waals surface area contributed by atoms with Crippen molar-refractivity contribution in [1.82, 2.24) is 5.32 Å². The standard InChI is InChI=1S/C8H9ClN2O2/c9-6-2-1-3-7(10)5(6)4-11-8(12)13/h1-3,11H,4,10H2,(H,12,13). The zero-order chi connectivity index (χ0) is 9.84. The van der Waals surface area contributed by atoms with E-state index in [9.17, 15) is 4.79 Å². The number of nitrogens with two attached hydrogens (primary N) is 1. The van der Waals surface area contributed by atoms with Crippen molar-refractivity contribution < 1.29 is 9.90 Å². The zero-order valence-electron chi connectivity index (χ0n) is 6.75. The highest BCUT2D eigenvalue weighted by atomic mass is 35.5. The summed E-state index contributed by atoms with van der Waals surface area (Å²) >= 11 is 5.80. The Morgan fingerprint density at radius 3 is 2.85 bits per heavy atom. The quantitative estimate of drug-likeness (QED) is 0.636. The Hall–Kier alpha value is -1.42. The summed E-state index contributed by atoms with van der Waals surface area (Å²) in [7, 11) is 0. The molecule has 0 radical (unpaired) electrons. The Kier molecular flexibility index (Phi) is 2.97. The Morgan fingerprint density at radius 1 is 1.62 bits per heavy atom. The third-order valence-electron chi connectivity index (χ3n) is 1.57. The van der Waals surface area contributed by atoms with E-state index in [1.165, 1.54) is 0 Å². The minimum atomic E-state index is -1.10. The molecule has 5 heteroatoms. The predicted molar refractivity (Wildman–Crippen MR) is 50.7 cm³/mol. The van der Waals surface area contributed by atoms with Crippen LogP contribution in [0.1, 0.15) is 5.56 Å². The van der Waals surface area contributed by atoms with Crippen molar-refractivity contribution >= 4 is 23.4 Å². The minimum Gasteiger partial charge on any atom is -0.465 e. The lowest BCUT2D eigenvalue weighted by molar-refractivity contribution is 0.194. The van der Waals surface area contributed by atoms with Gasteiger partial charge in [0.25, 0.3) is 0 Å². The van der Waals surface area contributed by atoms with E-state index in [-0.39, 0.29) is 6.54 Å². The van der Waals surface area contributed by atoms with Crippen molar-refractivity contribution in [3.63, 3.8) is 0 Å². The molecule has 0 aromatic heterocycles. The van der Waals surface area contributed by atoms with Gasteiger partial charge in [0.15, 0.2) is 0 Å². The van der Waals surface area contributed by atoms with E-state index >= 15 is 0 Å². The molecule has 1 aromatic carbocycles. The molecule has 0 saturated heterocycles. The summed E-state index contributed by atoms with van der Waals surface area (Å²) in [4.78, 5) is 10.2. The molecule has 0 fully saturated rings. The lowest BCUT2D eigenvalue weighted by Gasteiger charge is -2.06. The van der Waals surface area contributed by atoms with Gasteiger partial charge in [-0.25, -0.2) is 4.79 Å². The van der Waals surface area contributed by atoms with Crippen LogP contribution in [-0.2, 0) is 6.54 Å². The second-order valence-electron chi connectivity index (χ2n) is 2.47. The number of nitrogen functional groups attached to an aromatic ring is 1. The molecule has 0 spiro atoms. The molecule has 0 aliphatic rings. The molecule has 1 rings (SSSR count). The van der Waals surface area contributed by atoms with Crippen LogP contribution in [0.4, 0.5) is 10.5 Å². The summed E-state index contributed by atoms with van der Waals surface area (Å²) < 4.78 is 0. The van der Waals surface area contributed by atoms with E-state index in [0.29, 0.717) is 16.3 Å². The molecule has 1 amide bonds. The van der Waals surface area contributed by atoms with E-state index in [1.54, 1.807) is 18.2 Å². The molecular weight excluding hydrogens is 192 g/mol. The summed E-state index contributed by atoms with van der Waals surface area (Å²) in [5.41, 5.74) is 6.68. The van der Waals surface area contributed by atoms with Crippen molar-refractivity contribution in [1.29, 1.82) is 0 Å². The number of carbonyl (C=O) groups is 1. The van der Waals surface area contributed by atoms with E-state index in [0.717, 1.165) is 0 Å². The SMILES string of the molecule is Nc1cccc(Cl)c1CNC(=O)O. The van der Waals surface area contributed by atoms with Gasteiger partial charge in [-0.05, 0) is 12.1 Å². The molecule has 4 nitrogen and oxygen atoms in total. The minimum absolute atomic E-state index is 0.126. The first-order chi connectivity index (χ1) is 6.11. The maximum atomic E-state index is 10.2. The van der Waals surface area contributed by atoms with Crippen LogP contribution in [0.15, 0.2) is 18.2 Å². The molecule has 13 heavy (non-hydrogen) atoms. The van der Waals surface area contributed by atoms with Crippen molar-refractivity contribution in [2.75, 3.05) is 5.73 Å². The summed E-state index contributed by atoms with van der Waals surface area (Å²) in [5.74, 6) is 0. The highest BCUT2D eigenvalue weighted by molar-refractivity contribution is 6.31. The van der Waals surface area contributed by atoms with E-state index in [1.807, 2.05) is 0 Å². The van der Waals surface area contributed by atoms with Crippen molar-refractivity contribution in [2.24, 2.45) is 0 Å². The number of rotatable bonds is 2. The number of amides is 1. The van der Waals surface area contributed by atoms with Gasteiger partial charge >= 0.3 is 6.09 Å². The highest BCUT2D eigenvalue weighted by Gasteiger charge is 2.04. The number of carboxylic acid groups (broad SMARTS) is 1. The van der Waals surface area contributed by atoms with Gasteiger partial charge in [-0.1, -0.05) is 17.7 Å². The maximum Gasteiger partial charge on any atom is 0.404 e. The molecule has 0 unspecified atom stereocenters. The first-order valence-corrected chi connectivity index (χ1v) is 3.98. The lowest BCUT2D eigenvalue weighted by atomic mass is 10.2. The van der Waals surface area contributed by atoms with Gasteiger partial charge in [-0.15, -0.1) is 0 Å². The smallest absolute Gasteiger partial charge is 0.404 e. The van der Waals surface area contributed by atoms with E-state index in [2.05, 4.69) is 5.32 Å². The average Bonchev–Trinajstić information content (AvgIpc) is 2.03. The number of nitrogens with one attached hydrogen (secondary N) is 1. The van der Waals surface area contributed by atoms with E-state index < -0.39 is 6.09 Å². The van der Waals surface area contributed by atoms with Crippen LogP contribution in [-0.4, -0.2) is 11.2 Å². The second-order valence-corrected chi connectivity index (χ2v) is 2.87. The molecule has 0 aliphatic heterocycles. The maximum absolute atomic E-state index is 10.2. The summed E-state index contributed by atoms with van der Waals surface area (Å²) in [6.45, 7) is 0.126. The van der Waals surface area contributed by atoms with Crippen molar-refractivity contribution in [3.05, 3.63) is 28.8 Å². The molecular formula is C8H9ClN2O2. The van der Waals surface area contributed by atoms with Gasteiger partial charge in [0.05, 0.1) is 0 Å². The fourth-order valence-electron chi connectivity index (χ4n) is 0.926. The van der Waals surface area contributed by atoms with Crippen LogP contribution in [0.2, 0.25) is 5.02 Å². The Labute approximate surface area is 80.3 Å². The van der Waals surface area contributed by atoms with Gasteiger partial charge in [-0.3, -0.25) is 0 Å². The third-order valence-corrected chi connectivity index (χ3v) is 1.93. The Balaban J connectivity index is 2.81. The van der Waals surface area contributed by atoms with Crippen LogP contribution in [0.3, 0.4) is 0 Å². The molecule has 0 heterocycles. The van der Waals surface area contributed by atoms with Gasteiger partial charge < -0.3 is 16.2 Å². The van der Waals surface area contributed by atoms with Crippen LogP contribution in [0.5, 0.6) is 0 Å². The topological polar surface area (TPSA) is 75.3 Å². The monoisotopic (exact) mass is 200 g/mol. The van der Waals surface area contributed by atoms with Crippen molar-refractivity contribution in [2.45, 2.75) is 6.54 Å². The highest BCUT2D eigenvalue weighted by Crippen LogP contribution is 2.21. The molecule has 70 valence electrons. The number of hydrogen-bond donors (Lipinski definition) is 3. The summed E-state index contributed by atoms with van der Waals surface area (Å²) in [6, 6.07) is 5.05. The van der Waals surface area contributed by atoms with Crippen molar-refractivity contribution in [3.8, 4) is 0 Å². The number of benzene rings is 1. The third kappa shape index (κ3) is 2.52. The molecule has 4 N–H and O–H groups in total. The number of anilines is 1. The second kappa shape index (κ2) is 4.00. The molecule has 0 atom stereocenters. The predicted octanol–water partition coefficient (Wildman–Crippen LogP) is 1.69. The fraction of sp³-hybridized carbons (Fsp3) is 0.125. The first kappa shape index (κ1) is 9.67. The molecule has 0 saturated carbocycles. The number of hydrogen-bond acceptors (Lipinski definition) is 2.